The Balaban J connectivity index is 2.18. The number of aryl methyl sites for hydroxylation is 2. The van der Waals surface area contributed by atoms with Crippen LogP contribution in [-0.4, -0.2) is 15.7 Å². The van der Waals surface area contributed by atoms with E-state index in [0.29, 0.717) is 29.1 Å². The zero-order valence-corrected chi connectivity index (χ0v) is 12.4. The van der Waals surface area contributed by atoms with Gasteiger partial charge in [0.25, 0.3) is 5.91 Å². The van der Waals surface area contributed by atoms with E-state index in [1.807, 2.05) is 6.92 Å². The molecule has 0 saturated carbocycles. The Labute approximate surface area is 123 Å². The maximum Gasteiger partial charge on any atom is 0.272 e. The van der Waals surface area contributed by atoms with E-state index in [9.17, 15) is 9.18 Å². The summed E-state index contributed by atoms with van der Waals surface area (Å²) in [5, 5.41) is 6.85. The van der Waals surface area contributed by atoms with Crippen molar-refractivity contribution < 1.29 is 9.18 Å². The summed E-state index contributed by atoms with van der Waals surface area (Å²) in [4.78, 5) is 12.3. The number of anilines is 1. The number of nitrogen functional groups attached to an aromatic ring is 1. The molecule has 1 aromatic heterocycles. The number of halogens is 1. The Bertz CT molecular complexity index is 666. The molecule has 6 heteroatoms. The normalized spacial score (nSPS) is 12.2. The molecule has 1 amide bonds. The number of rotatable bonds is 4. The molecular formula is C15H19FN4O. The highest BCUT2D eigenvalue weighted by Crippen LogP contribution is 2.18. The molecule has 0 bridgehead atoms. The molecule has 1 unspecified atom stereocenters. The molecule has 0 spiro atoms. The summed E-state index contributed by atoms with van der Waals surface area (Å²) in [5.41, 5.74) is 7.71. The molecule has 112 valence electrons. The molecule has 0 saturated heterocycles. The van der Waals surface area contributed by atoms with Crippen molar-refractivity contribution in [1.29, 1.82) is 0 Å². The molecule has 2 aromatic rings. The number of hydrogen-bond acceptors (Lipinski definition) is 3. The number of nitrogens with zero attached hydrogens (tertiary/aromatic N) is 2. The lowest BCUT2D eigenvalue weighted by molar-refractivity contribution is 0.0930. The van der Waals surface area contributed by atoms with Crippen molar-refractivity contribution in [3.63, 3.8) is 0 Å². The molecule has 1 aromatic carbocycles. The zero-order chi connectivity index (χ0) is 15.6. The van der Waals surface area contributed by atoms with Gasteiger partial charge in [0.15, 0.2) is 0 Å². The highest BCUT2D eigenvalue weighted by Gasteiger charge is 2.19. The van der Waals surface area contributed by atoms with Crippen LogP contribution in [0.4, 0.5) is 10.1 Å². The van der Waals surface area contributed by atoms with Crippen molar-refractivity contribution in [3.8, 4) is 0 Å². The summed E-state index contributed by atoms with van der Waals surface area (Å²) >= 11 is 0. The van der Waals surface area contributed by atoms with Crippen LogP contribution in [0.1, 0.15) is 41.5 Å². The number of benzene rings is 1. The molecule has 21 heavy (non-hydrogen) atoms. The summed E-state index contributed by atoms with van der Waals surface area (Å²) in [6.45, 7) is 5.92. The molecule has 2 rings (SSSR count). The molecule has 1 atom stereocenters. The maximum absolute atomic E-state index is 13.6. The smallest absolute Gasteiger partial charge is 0.272 e. The first-order valence-corrected chi connectivity index (χ1v) is 6.82. The standard InChI is InChI=1S/C15H19FN4O/c1-4-20-14(13(17)8-18-20)15(21)19-10(3)11-6-5-9(2)12(16)7-11/h5-8,10H,4,17H2,1-3H3,(H,19,21). The van der Waals surface area contributed by atoms with Gasteiger partial charge < -0.3 is 11.1 Å². The van der Waals surface area contributed by atoms with Crippen LogP contribution < -0.4 is 11.1 Å². The van der Waals surface area contributed by atoms with Gasteiger partial charge in [0, 0.05) is 6.54 Å². The molecule has 3 N–H and O–H groups in total. The van der Waals surface area contributed by atoms with Crippen LogP contribution in [0.15, 0.2) is 24.4 Å². The van der Waals surface area contributed by atoms with Crippen LogP contribution >= 0.6 is 0 Å². The second-order valence-electron chi connectivity index (χ2n) is 4.97. The first-order valence-electron chi connectivity index (χ1n) is 6.82. The number of nitrogens with one attached hydrogen (secondary N) is 1. The van der Waals surface area contributed by atoms with Crippen LogP contribution in [0.2, 0.25) is 0 Å². The minimum Gasteiger partial charge on any atom is -0.396 e. The lowest BCUT2D eigenvalue weighted by atomic mass is 10.1. The third-order valence-corrected chi connectivity index (χ3v) is 3.43. The molecular weight excluding hydrogens is 271 g/mol. The zero-order valence-electron chi connectivity index (χ0n) is 12.4. The number of aromatic nitrogens is 2. The van der Waals surface area contributed by atoms with Crippen LogP contribution in [0, 0.1) is 12.7 Å². The lowest BCUT2D eigenvalue weighted by Crippen LogP contribution is -2.29. The number of carbonyl (C=O) groups is 1. The fraction of sp³-hybridized carbons (Fsp3) is 0.333. The number of nitrogens with two attached hydrogens (primary N) is 1. The van der Waals surface area contributed by atoms with Gasteiger partial charge in [0.2, 0.25) is 0 Å². The van der Waals surface area contributed by atoms with E-state index in [1.54, 1.807) is 26.0 Å². The molecule has 0 radical (unpaired) electrons. The maximum atomic E-state index is 13.6. The minimum absolute atomic E-state index is 0.285. The summed E-state index contributed by atoms with van der Waals surface area (Å²) in [7, 11) is 0. The van der Waals surface area contributed by atoms with Gasteiger partial charge in [-0.3, -0.25) is 9.48 Å². The van der Waals surface area contributed by atoms with Crippen LogP contribution in [-0.2, 0) is 6.54 Å². The van der Waals surface area contributed by atoms with Crippen LogP contribution in [0.25, 0.3) is 0 Å². The molecule has 0 fully saturated rings. The summed E-state index contributed by atoms with van der Waals surface area (Å²) < 4.78 is 15.1. The van der Waals surface area contributed by atoms with Crippen LogP contribution in [0.3, 0.4) is 0 Å². The third-order valence-electron chi connectivity index (χ3n) is 3.43. The first kappa shape index (κ1) is 15.0. The minimum atomic E-state index is -0.327. The topological polar surface area (TPSA) is 72.9 Å². The van der Waals surface area contributed by atoms with Gasteiger partial charge in [0.05, 0.1) is 17.9 Å². The fourth-order valence-electron chi connectivity index (χ4n) is 2.11. The SMILES string of the molecule is CCn1ncc(N)c1C(=O)NC(C)c1ccc(C)c(F)c1. The fourth-order valence-corrected chi connectivity index (χ4v) is 2.11. The Morgan fingerprint density at radius 2 is 2.24 bits per heavy atom. The number of carbonyl (C=O) groups excluding carboxylic acids is 1. The molecule has 0 aliphatic heterocycles. The van der Waals surface area contributed by atoms with E-state index >= 15 is 0 Å². The first-order chi connectivity index (χ1) is 9.93. The van der Waals surface area contributed by atoms with Crippen molar-refractivity contribution in [2.75, 3.05) is 5.73 Å². The van der Waals surface area contributed by atoms with Gasteiger partial charge in [0.1, 0.15) is 11.5 Å². The largest absolute Gasteiger partial charge is 0.396 e. The third kappa shape index (κ3) is 3.04. The van der Waals surface area contributed by atoms with Crippen molar-refractivity contribution in [1.82, 2.24) is 15.1 Å². The average molecular weight is 290 g/mol. The van der Waals surface area contributed by atoms with Crippen LogP contribution in [0.5, 0.6) is 0 Å². The van der Waals surface area contributed by atoms with Crippen molar-refractivity contribution in [2.24, 2.45) is 0 Å². The van der Waals surface area contributed by atoms with Gasteiger partial charge >= 0.3 is 0 Å². The Hall–Kier alpha value is -2.37. The Morgan fingerprint density at radius 3 is 2.86 bits per heavy atom. The molecule has 5 nitrogen and oxygen atoms in total. The quantitative estimate of drug-likeness (QED) is 0.908. The van der Waals surface area contributed by atoms with Gasteiger partial charge in [-0.05, 0) is 38.0 Å². The van der Waals surface area contributed by atoms with E-state index in [0.717, 1.165) is 0 Å². The van der Waals surface area contributed by atoms with Crippen molar-refractivity contribution >= 4 is 11.6 Å². The van der Waals surface area contributed by atoms with Gasteiger partial charge in [-0.15, -0.1) is 0 Å². The molecule has 1 heterocycles. The summed E-state index contributed by atoms with van der Waals surface area (Å²) in [6.07, 6.45) is 1.45. The monoisotopic (exact) mass is 290 g/mol. The van der Waals surface area contributed by atoms with E-state index in [-0.39, 0.29) is 17.8 Å². The summed E-state index contributed by atoms with van der Waals surface area (Å²) in [5.74, 6) is -0.605. The number of amides is 1. The van der Waals surface area contributed by atoms with E-state index in [1.165, 1.54) is 16.9 Å². The molecule has 0 aliphatic carbocycles. The average Bonchev–Trinajstić information content (AvgIpc) is 2.82. The second-order valence-corrected chi connectivity index (χ2v) is 4.97. The number of hydrogen-bond donors (Lipinski definition) is 2. The van der Waals surface area contributed by atoms with Crippen molar-refractivity contribution in [3.05, 3.63) is 47.0 Å². The summed E-state index contributed by atoms with van der Waals surface area (Å²) in [6, 6.07) is 4.59. The highest BCUT2D eigenvalue weighted by molar-refractivity contribution is 5.97. The van der Waals surface area contributed by atoms with Gasteiger partial charge in [-0.2, -0.15) is 5.10 Å². The van der Waals surface area contributed by atoms with E-state index in [4.69, 9.17) is 5.73 Å². The lowest BCUT2D eigenvalue weighted by Gasteiger charge is -2.15. The van der Waals surface area contributed by atoms with Crippen molar-refractivity contribution in [2.45, 2.75) is 33.4 Å². The Morgan fingerprint density at radius 1 is 1.52 bits per heavy atom. The second kappa shape index (κ2) is 5.95. The van der Waals surface area contributed by atoms with Gasteiger partial charge in [-0.1, -0.05) is 12.1 Å². The van der Waals surface area contributed by atoms with Gasteiger partial charge in [-0.25, -0.2) is 4.39 Å². The molecule has 0 aliphatic rings. The predicted molar refractivity (Wildman–Crippen MR) is 79.3 cm³/mol. The Kier molecular flexibility index (Phi) is 4.26. The predicted octanol–water partition coefficient (Wildman–Crippen LogP) is 2.42. The van der Waals surface area contributed by atoms with E-state index in [2.05, 4.69) is 10.4 Å². The highest BCUT2D eigenvalue weighted by atomic mass is 19.1. The van der Waals surface area contributed by atoms with E-state index < -0.39 is 0 Å².